The number of anilines is 1. The number of likely N-dealkylation sites (N-methyl/N-ethyl adjacent to an activating group) is 1. The minimum absolute atomic E-state index is 0.0654. The lowest BCUT2D eigenvalue weighted by Gasteiger charge is -2.34. The normalized spacial score (nSPS) is 25.5. The topological polar surface area (TPSA) is 62.2 Å². The summed E-state index contributed by atoms with van der Waals surface area (Å²) in [6.07, 6.45) is -0.887. The molecule has 1 saturated heterocycles. The molecule has 2 aromatic carbocycles. The molecule has 10 heteroatoms. The van der Waals surface area contributed by atoms with E-state index in [0.717, 1.165) is 70.5 Å². The summed E-state index contributed by atoms with van der Waals surface area (Å²) in [5.74, 6) is -0.406. The van der Waals surface area contributed by atoms with E-state index in [4.69, 9.17) is 0 Å². The van der Waals surface area contributed by atoms with Crippen LogP contribution in [0.15, 0.2) is 36.4 Å². The number of halogens is 4. The summed E-state index contributed by atoms with van der Waals surface area (Å²) in [6.45, 7) is 5.78. The molecule has 2 heterocycles. The average Bonchev–Trinajstić information content (AvgIpc) is 3.31. The van der Waals surface area contributed by atoms with E-state index in [-0.39, 0.29) is 22.5 Å². The average molecular weight is 541 g/mol. The van der Waals surface area contributed by atoms with E-state index < -0.39 is 17.6 Å². The third-order valence-electron chi connectivity index (χ3n) is 9.08. The van der Waals surface area contributed by atoms with Crippen molar-refractivity contribution < 1.29 is 17.6 Å². The molecular formula is C29H32F4N6. The number of nitrogens with one attached hydrogen (secondary N) is 1. The molecule has 3 atom stereocenters. The maximum atomic E-state index is 14.3. The molecule has 3 fully saturated rings. The summed E-state index contributed by atoms with van der Waals surface area (Å²) in [5, 5.41) is 9.18. The van der Waals surface area contributed by atoms with Crippen LogP contribution >= 0.6 is 0 Å². The monoisotopic (exact) mass is 540 g/mol. The Bertz CT molecular complexity index is 1390. The number of imidazole rings is 1. The second kappa shape index (κ2) is 9.79. The molecule has 0 unspecified atom stereocenters. The number of nitriles is 1. The molecule has 0 bridgehead atoms. The minimum atomic E-state index is -4.77. The maximum absolute atomic E-state index is 14.3. The van der Waals surface area contributed by atoms with Gasteiger partial charge in [-0.2, -0.15) is 18.4 Å². The highest BCUT2D eigenvalue weighted by atomic mass is 19.4. The quantitative estimate of drug-likeness (QED) is 0.420. The number of alkyl halides is 3. The molecule has 6 nitrogen and oxygen atoms in total. The van der Waals surface area contributed by atoms with E-state index in [1.54, 1.807) is 0 Å². The standard InChI is InChI=1S/C29H32F4N6/c1-37-11-13-38(14-12-37)9-2-10-39(27-35-24-15-21(29(31,32)33)23(30)16-25(24)36-27)26-7-8-28(17-22(26)28)20-5-3-19(18-34)4-6-20/h3-6,15-16,22,26H,2,7-14,17H2,1H3,(H,35,36)/t22-,26-,28-/m1/s1. The predicted octanol–water partition coefficient (Wildman–Crippen LogP) is 5.16. The van der Waals surface area contributed by atoms with Gasteiger partial charge in [0.05, 0.1) is 28.2 Å². The smallest absolute Gasteiger partial charge is 0.339 e. The Morgan fingerprint density at radius 2 is 1.90 bits per heavy atom. The first kappa shape index (κ1) is 26.1. The first-order chi connectivity index (χ1) is 18.7. The van der Waals surface area contributed by atoms with Crippen LogP contribution in [0.5, 0.6) is 0 Å². The maximum Gasteiger partial charge on any atom is 0.419 e. The van der Waals surface area contributed by atoms with Crippen LogP contribution in [0.2, 0.25) is 0 Å². The number of nitrogens with zero attached hydrogens (tertiary/aromatic N) is 5. The second-order valence-electron chi connectivity index (χ2n) is 11.4. The van der Waals surface area contributed by atoms with Gasteiger partial charge >= 0.3 is 6.18 Å². The molecule has 206 valence electrons. The Morgan fingerprint density at radius 1 is 1.15 bits per heavy atom. The van der Waals surface area contributed by atoms with Crippen molar-refractivity contribution in [3.63, 3.8) is 0 Å². The van der Waals surface area contributed by atoms with Gasteiger partial charge in [-0.25, -0.2) is 9.37 Å². The van der Waals surface area contributed by atoms with Crippen LogP contribution in [-0.4, -0.2) is 72.1 Å². The van der Waals surface area contributed by atoms with Gasteiger partial charge in [-0.1, -0.05) is 12.1 Å². The van der Waals surface area contributed by atoms with Crippen LogP contribution < -0.4 is 4.90 Å². The number of hydrogen-bond donors (Lipinski definition) is 1. The van der Waals surface area contributed by atoms with Crippen LogP contribution in [0.1, 0.15) is 42.4 Å². The number of rotatable bonds is 7. The fourth-order valence-electron chi connectivity index (χ4n) is 6.79. The van der Waals surface area contributed by atoms with Gasteiger partial charge in [0.2, 0.25) is 5.95 Å². The molecular weight excluding hydrogens is 508 g/mol. The lowest BCUT2D eigenvalue weighted by atomic mass is 9.93. The van der Waals surface area contributed by atoms with E-state index in [9.17, 15) is 22.8 Å². The first-order valence-corrected chi connectivity index (χ1v) is 13.6. The van der Waals surface area contributed by atoms with Crippen LogP contribution in [-0.2, 0) is 11.6 Å². The van der Waals surface area contributed by atoms with E-state index >= 15 is 0 Å². The third kappa shape index (κ3) is 4.87. The van der Waals surface area contributed by atoms with E-state index in [0.29, 0.717) is 24.0 Å². The number of hydrogen-bond acceptors (Lipinski definition) is 5. The Hall–Kier alpha value is -3.16. The van der Waals surface area contributed by atoms with E-state index in [2.05, 4.69) is 49.9 Å². The Labute approximate surface area is 225 Å². The zero-order valence-corrected chi connectivity index (χ0v) is 21.9. The summed E-state index contributed by atoms with van der Waals surface area (Å²) in [5.41, 5.74) is 1.06. The number of fused-ring (bicyclic) bond motifs is 2. The van der Waals surface area contributed by atoms with Crippen molar-refractivity contribution in [1.82, 2.24) is 19.8 Å². The molecule has 6 rings (SSSR count). The van der Waals surface area contributed by atoms with Crippen molar-refractivity contribution in [1.29, 1.82) is 5.26 Å². The van der Waals surface area contributed by atoms with Crippen molar-refractivity contribution in [2.75, 3.05) is 51.2 Å². The fraction of sp³-hybridized carbons (Fsp3) is 0.517. The third-order valence-corrected chi connectivity index (χ3v) is 9.08. The number of aromatic nitrogens is 2. The predicted molar refractivity (Wildman–Crippen MR) is 141 cm³/mol. The zero-order valence-electron chi connectivity index (χ0n) is 21.9. The summed E-state index contributed by atoms with van der Waals surface area (Å²) < 4.78 is 54.4. The molecule has 3 aromatic rings. The fourth-order valence-corrected chi connectivity index (χ4v) is 6.79. The Kier molecular flexibility index (Phi) is 6.55. The van der Waals surface area contributed by atoms with Gasteiger partial charge in [-0.3, -0.25) is 0 Å². The highest BCUT2D eigenvalue weighted by Crippen LogP contribution is 2.65. The lowest BCUT2D eigenvalue weighted by Crippen LogP contribution is -2.45. The molecule has 0 amide bonds. The van der Waals surface area contributed by atoms with Gasteiger partial charge in [-0.15, -0.1) is 0 Å². The van der Waals surface area contributed by atoms with Gasteiger partial charge in [0.25, 0.3) is 0 Å². The summed E-state index contributed by atoms with van der Waals surface area (Å²) in [6, 6.07) is 11.9. The van der Waals surface area contributed by atoms with Gasteiger partial charge in [-0.05, 0) is 69.0 Å². The van der Waals surface area contributed by atoms with E-state index in [1.807, 2.05) is 12.1 Å². The van der Waals surface area contributed by atoms with Gasteiger partial charge in [0, 0.05) is 50.2 Å². The van der Waals surface area contributed by atoms with Crippen molar-refractivity contribution in [3.05, 3.63) is 58.9 Å². The molecule has 2 aliphatic carbocycles. The van der Waals surface area contributed by atoms with Crippen LogP contribution in [0, 0.1) is 23.1 Å². The molecule has 1 N–H and O–H groups in total. The molecule has 0 radical (unpaired) electrons. The summed E-state index contributed by atoms with van der Waals surface area (Å²) in [4.78, 5) is 14.7. The first-order valence-electron chi connectivity index (χ1n) is 13.6. The highest BCUT2D eigenvalue weighted by molar-refractivity contribution is 5.79. The lowest BCUT2D eigenvalue weighted by molar-refractivity contribution is -0.139. The summed E-state index contributed by atoms with van der Waals surface area (Å²) >= 11 is 0. The number of aromatic amines is 1. The van der Waals surface area contributed by atoms with Gasteiger partial charge in [0.15, 0.2) is 0 Å². The highest BCUT2D eigenvalue weighted by Gasteiger charge is 2.63. The minimum Gasteiger partial charge on any atom is -0.339 e. The zero-order chi connectivity index (χ0) is 27.4. The largest absolute Gasteiger partial charge is 0.419 e. The Balaban J connectivity index is 1.26. The van der Waals surface area contributed by atoms with Crippen molar-refractivity contribution in [3.8, 4) is 6.07 Å². The molecule has 1 aliphatic heterocycles. The van der Waals surface area contributed by atoms with Crippen LogP contribution in [0.3, 0.4) is 0 Å². The Morgan fingerprint density at radius 3 is 2.56 bits per heavy atom. The molecule has 39 heavy (non-hydrogen) atoms. The number of H-pyrrole nitrogens is 1. The molecule has 0 spiro atoms. The second-order valence-corrected chi connectivity index (χ2v) is 11.4. The number of piperazine rings is 1. The van der Waals surface area contributed by atoms with Gasteiger partial charge < -0.3 is 19.7 Å². The molecule has 3 aliphatic rings. The van der Waals surface area contributed by atoms with Crippen LogP contribution in [0.25, 0.3) is 11.0 Å². The van der Waals surface area contributed by atoms with Gasteiger partial charge in [0.1, 0.15) is 5.82 Å². The number of benzene rings is 2. The van der Waals surface area contributed by atoms with Crippen LogP contribution in [0.4, 0.5) is 23.5 Å². The van der Waals surface area contributed by atoms with Crippen molar-refractivity contribution in [2.24, 2.45) is 5.92 Å². The molecule has 1 aromatic heterocycles. The summed E-state index contributed by atoms with van der Waals surface area (Å²) in [7, 11) is 2.13. The van der Waals surface area contributed by atoms with Crippen molar-refractivity contribution in [2.45, 2.75) is 43.3 Å². The molecule has 2 saturated carbocycles. The SMILES string of the molecule is CN1CCN(CCCN(c2nc3cc(F)c(C(F)(F)F)cc3[nH]2)[C@@H]2CC[C@]3(c4ccc(C#N)cc4)C[C@H]23)CC1. The van der Waals surface area contributed by atoms with Crippen molar-refractivity contribution >= 4 is 17.0 Å². The van der Waals surface area contributed by atoms with E-state index in [1.165, 1.54) is 5.56 Å².